The molecule has 184 valence electrons. The number of hydrogen-bond donors (Lipinski definition) is 1. The number of carbonyl (C=O) groups is 1. The zero-order chi connectivity index (χ0) is 25.4. The van der Waals surface area contributed by atoms with Crippen LogP contribution in [0.1, 0.15) is 22.4 Å². The molecule has 0 atom stereocenters. The summed E-state index contributed by atoms with van der Waals surface area (Å²) in [4.78, 5) is 19.8. The number of hydrogen-bond acceptors (Lipinski definition) is 7. The van der Waals surface area contributed by atoms with E-state index in [1.807, 2.05) is 0 Å². The molecule has 11 heteroatoms. The van der Waals surface area contributed by atoms with E-state index in [-0.39, 0.29) is 30.6 Å². The number of halogens is 4. The van der Waals surface area contributed by atoms with Crippen molar-refractivity contribution in [3.8, 4) is 5.88 Å². The second-order valence-electron chi connectivity index (χ2n) is 7.06. The molecule has 0 bridgehead atoms. The minimum atomic E-state index is -4.72. The number of aromatic nitrogens is 2. The molecule has 1 heterocycles. The van der Waals surface area contributed by atoms with Gasteiger partial charge in [-0.2, -0.15) is 18.2 Å². The maximum atomic E-state index is 13.5. The van der Waals surface area contributed by atoms with Crippen molar-refractivity contribution in [3.63, 3.8) is 0 Å². The van der Waals surface area contributed by atoms with Crippen LogP contribution in [0.4, 0.5) is 19.1 Å². The van der Waals surface area contributed by atoms with Crippen LogP contribution in [-0.2, 0) is 33.6 Å². The molecule has 2 aromatic carbocycles. The van der Waals surface area contributed by atoms with E-state index >= 15 is 0 Å². The minimum absolute atomic E-state index is 0.105. The number of anilines is 1. The summed E-state index contributed by atoms with van der Waals surface area (Å²) >= 11 is 6.11. The molecule has 35 heavy (non-hydrogen) atoms. The third-order valence-corrected chi connectivity index (χ3v) is 5.08. The van der Waals surface area contributed by atoms with E-state index in [4.69, 9.17) is 25.8 Å². The smallest absolute Gasteiger partial charge is 0.433 e. The number of ether oxygens (including phenoxy) is 3. The SMILES string of the molecule is CO/C=C(\C(=O)OC)c1ccccc1COc1cc(C(F)(F)F)nc(NCc2ccccc2Cl)n1. The predicted molar refractivity (Wildman–Crippen MR) is 124 cm³/mol. The van der Waals surface area contributed by atoms with Gasteiger partial charge < -0.3 is 19.5 Å². The highest BCUT2D eigenvalue weighted by Gasteiger charge is 2.34. The molecule has 7 nitrogen and oxygen atoms in total. The van der Waals surface area contributed by atoms with Gasteiger partial charge in [-0.15, -0.1) is 0 Å². The molecule has 0 saturated heterocycles. The molecule has 1 N–H and O–H groups in total. The molecule has 0 saturated carbocycles. The second kappa shape index (κ2) is 11.6. The molecule has 1 aromatic heterocycles. The lowest BCUT2D eigenvalue weighted by atomic mass is 10.0. The normalized spacial score (nSPS) is 11.7. The van der Waals surface area contributed by atoms with E-state index in [9.17, 15) is 18.0 Å². The number of rotatable bonds is 9. The number of alkyl halides is 3. The minimum Gasteiger partial charge on any atom is -0.503 e. The van der Waals surface area contributed by atoms with Crippen molar-refractivity contribution < 1.29 is 32.2 Å². The van der Waals surface area contributed by atoms with Crippen LogP contribution in [0.3, 0.4) is 0 Å². The van der Waals surface area contributed by atoms with Gasteiger partial charge >= 0.3 is 12.1 Å². The maximum Gasteiger partial charge on any atom is 0.433 e. The largest absolute Gasteiger partial charge is 0.503 e. The summed E-state index contributed by atoms with van der Waals surface area (Å²) in [5.41, 5.74) is 0.538. The number of carbonyl (C=O) groups excluding carboxylic acids is 1. The van der Waals surface area contributed by atoms with Crippen molar-refractivity contribution in [2.24, 2.45) is 0 Å². The third kappa shape index (κ3) is 6.86. The Hall–Kier alpha value is -3.79. The van der Waals surface area contributed by atoms with Crippen LogP contribution in [0, 0.1) is 0 Å². The number of esters is 1. The van der Waals surface area contributed by atoms with Gasteiger partial charge in [-0.3, -0.25) is 0 Å². The Labute approximate surface area is 204 Å². The van der Waals surface area contributed by atoms with Crippen LogP contribution < -0.4 is 10.1 Å². The topological polar surface area (TPSA) is 82.6 Å². The predicted octanol–water partition coefficient (Wildman–Crippen LogP) is 5.50. The number of benzene rings is 2. The van der Waals surface area contributed by atoms with Crippen molar-refractivity contribution in [1.82, 2.24) is 9.97 Å². The van der Waals surface area contributed by atoms with Crippen LogP contribution in [0.5, 0.6) is 5.88 Å². The Morgan fingerprint density at radius 1 is 1.06 bits per heavy atom. The molecule has 0 aliphatic rings. The summed E-state index contributed by atoms with van der Waals surface area (Å²) in [5.74, 6) is -1.23. The number of nitrogens with one attached hydrogen (secondary N) is 1. The lowest BCUT2D eigenvalue weighted by Crippen LogP contribution is -2.13. The lowest BCUT2D eigenvalue weighted by molar-refractivity contribution is -0.141. The fourth-order valence-electron chi connectivity index (χ4n) is 3.05. The van der Waals surface area contributed by atoms with Crippen molar-refractivity contribution in [1.29, 1.82) is 0 Å². The van der Waals surface area contributed by atoms with Gasteiger partial charge in [0.15, 0.2) is 5.69 Å². The molecular formula is C24H21ClF3N3O4. The Kier molecular flexibility index (Phi) is 8.53. The first kappa shape index (κ1) is 25.8. The first-order valence-electron chi connectivity index (χ1n) is 10.2. The van der Waals surface area contributed by atoms with Crippen LogP contribution in [0.2, 0.25) is 5.02 Å². The Balaban J connectivity index is 1.87. The van der Waals surface area contributed by atoms with Crippen LogP contribution >= 0.6 is 11.6 Å². The van der Waals surface area contributed by atoms with E-state index in [0.29, 0.717) is 27.8 Å². The van der Waals surface area contributed by atoms with Gasteiger partial charge in [0, 0.05) is 17.6 Å². The summed E-state index contributed by atoms with van der Waals surface area (Å²) < 4.78 is 55.7. The summed E-state index contributed by atoms with van der Waals surface area (Å²) in [6.07, 6.45) is -3.51. The van der Waals surface area contributed by atoms with Gasteiger partial charge in [0.25, 0.3) is 0 Å². The average molecular weight is 508 g/mol. The molecule has 3 rings (SSSR count). The first-order chi connectivity index (χ1) is 16.7. The highest BCUT2D eigenvalue weighted by Crippen LogP contribution is 2.31. The lowest BCUT2D eigenvalue weighted by Gasteiger charge is -2.14. The zero-order valence-electron chi connectivity index (χ0n) is 18.7. The molecule has 0 fully saturated rings. The zero-order valence-corrected chi connectivity index (χ0v) is 19.5. The van der Waals surface area contributed by atoms with Gasteiger partial charge in [-0.25, -0.2) is 9.78 Å². The van der Waals surface area contributed by atoms with Gasteiger partial charge in [0.1, 0.15) is 12.2 Å². The number of methoxy groups -OCH3 is 2. The molecule has 3 aromatic rings. The molecule has 0 radical (unpaired) electrons. The quantitative estimate of drug-likeness (QED) is 0.232. The molecule has 0 amide bonds. The average Bonchev–Trinajstić information content (AvgIpc) is 2.85. The first-order valence-corrected chi connectivity index (χ1v) is 10.6. The second-order valence-corrected chi connectivity index (χ2v) is 7.47. The van der Waals surface area contributed by atoms with E-state index in [0.717, 1.165) is 0 Å². The van der Waals surface area contributed by atoms with E-state index < -0.39 is 17.8 Å². The fourth-order valence-corrected chi connectivity index (χ4v) is 3.25. The molecule has 0 aliphatic heterocycles. The van der Waals surface area contributed by atoms with Crippen LogP contribution in [0.15, 0.2) is 60.9 Å². The highest BCUT2D eigenvalue weighted by atomic mass is 35.5. The van der Waals surface area contributed by atoms with E-state index in [1.165, 1.54) is 20.5 Å². The Morgan fingerprint density at radius 3 is 2.40 bits per heavy atom. The summed E-state index contributed by atoms with van der Waals surface area (Å²) in [6.45, 7) is -0.0833. The third-order valence-electron chi connectivity index (χ3n) is 4.71. The summed E-state index contributed by atoms with van der Waals surface area (Å²) in [5, 5.41) is 3.20. The van der Waals surface area contributed by atoms with Crippen LogP contribution in [0.25, 0.3) is 5.57 Å². The van der Waals surface area contributed by atoms with Crippen molar-refractivity contribution in [2.45, 2.75) is 19.3 Å². The van der Waals surface area contributed by atoms with Gasteiger partial charge in [0.2, 0.25) is 11.8 Å². The standard InChI is InChI=1S/C24H21ClF3N3O4/c1-33-14-18(22(32)34-2)17-9-5-3-8-16(17)13-35-21-11-20(24(26,27)28)30-23(31-21)29-12-15-7-4-6-10-19(15)25/h3-11,14H,12-13H2,1-2H3,(H,29,30,31)/b18-14-. The van der Waals surface area contributed by atoms with Gasteiger partial charge in [-0.1, -0.05) is 54.1 Å². The fraction of sp³-hybridized carbons (Fsp3) is 0.208. The maximum absolute atomic E-state index is 13.5. The highest BCUT2D eigenvalue weighted by molar-refractivity contribution is 6.31. The van der Waals surface area contributed by atoms with Crippen molar-refractivity contribution >= 4 is 29.1 Å². The molecular weight excluding hydrogens is 487 g/mol. The molecule has 0 aliphatic carbocycles. The van der Waals surface area contributed by atoms with E-state index in [1.54, 1.807) is 48.5 Å². The number of nitrogens with zero attached hydrogens (tertiary/aromatic N) is 2. The monoisotopic (exact) mass is 507 g/mol. The van der Waals surface area contributed by atoms with Crippen molar-refractivity contribution in [3.05, 3.63) is 88.3 Å². The molecule has 0 unspecified atom stereocenters. The van der Waals surface area contributed by atoms with Crippen molar-refractivity contribution in [2.75, 3.05) is 19.5 Å². The Bertz CT molecular complexity index is 1220. The summed E-state index contributed by atoms with van der Waals surface area (Å²) in [7, 11) is 2.60. The van der Waals surface area contributed by atoms with Crippen LogP contribution in [-0.4, -0.2) is 30.2 Å². The molecule has 0 spiro atoms. The Morgan fingerprint density at radius 2 is 1.74 bits per heavy atom. The van der Waals surface area contributed by atoms with E-state index in [2.05, 4.69) is 15.3 Å². The van der Waals surface area contributed by atoms with Gasteiger partial charge in [-0.05, 0) is 22.8 Å². The van der Waals surface area contributed by atoms with Gasteiger partial charge in [0.05, 0.1) is 20.5 Å². The summed E-state index contributed by atoms with van der Waals surface area (Å²) in [6, 6.07) is 14.3.